The summed E-state index contributed by atoms with van der Waals surface area (Å²) in [5.41, 5.74) is 1.35. The van der Waals surface area contributed by atoms with Crippen molar-refractivity contribution in [2.24, 2.45) is 5.92 Å². The molecule has 1 aromatic heterocycles. The van der Waals surface area contributed by atoms with E-state index in [4.69, 9.17) is 14.9 Å². The van der Waals surface area contributed by atoms with E-state index in [1.165, 1.54) is 63.9 Å². The fraction of sp³-hybridized carbons (Fsp3) is 0.682. The van der Waals surface area contributed by atoms with E-state index in [0.717, 1.165) is 37.8 Å². The highest BCUT2D eigenvalue weighted by atomic mass is 16.5. The van der Waals surface area contributed by atoms with E-state index in [2.05, 4.69) is 27.7 Å². The number of rotatable bonds is 12. The van der Waals surface area contributed by atoms with Crippen LogP contribution in [0.2, 0.25) is 0 Å². The van der Waals surface area contributed by atoms with Gasteiger partial charge in [0.2, 0.25) is 5.88 Å². The molecular weight excluding hydrogens is 386 g/mol. The summed E-state index contributed by atoms with van der Waals surface area (Å²) in [6.07, 6.45) is 11.4. The van der Waals surface area contributed by atoms with Gasteiger partial charge in [0.05, 0.1) is 6.61 Å². The number of nitrogens with zero attached hydrogens (tertiary/aromatic N) is 3. The fourth-order valence-electron chi connectivity index (χ4n) is 3.50. The smallest absolute Gasteiger partial charge is 0.328 e. The molecule has 1 aliphatic carbocycles. The zero-order valence-electron chi connectivity index (χ0n) is 18.0. The summed E-state index contributed by atoms with van der Waals surface area (Å²) in [7, 11) is 0. The average Bonchev–Trinajstić information content (AvgIpc) is 3.42. The first kappa shape index (κ1) is 23.9. The lowest BCUT2D eigenvalue weighted by Gasteiger charge is -2.21. The molecule has 0 saturated heterocycles. The van der Waals surface area contributed by atoms with E-state index >= 15 is 0 Å². The average molecular weight is 422 g/mol. The first-order valence-corrected chi connectivity index (χ1v) is 11.0. The van der Waals surface area contributed by atoms with Crippen LogP contribution in [0.15, 0.2) is 18.2 Å². The fourth-order valence-corrected chi connectivity index (χ4v) is 3.50. The summed E-state index contributed by atoms with van der Waals surface area (Å²) in [5.74, 6) is -0.681. The minimum atomic E-state index is -1.26. The van der Waals surface area contributed by atoms with Gasteiger partial charge >= 0.3 is 11.9 Å². The predicted octanol–water partition coefficient (Wildman–Crippen LogP) is 3.21. The number of carboxylic acids is 2. The van der Waals surface area contributed by atoms with Crippen LogP contribution in [-0.2, 0) is 22.6 Å². The van der Waals surface area contributed by atoms with E-state index < -0.39 is 11.9 Å². The van der Waals surface area contributed by atoms with Gasteiger partial charge in [0.15, 0.2) is 0 Å². The highest BCUT2D eigenvalue weighted by Gasteiger charge is 2.23. The maximum Gasteiger partial charge on any atom is 0.328 e. The van der Waals surface area contributed by atoms with Crippen LogP contribution in [-0.4, -0.2) is 63.1 Å². The number of unbranched alkanes of at least 4 members (excludes halogenated alkanes) is 1. The van der Waals surface area contributed by atoms with Crippen LogP contribution >= 0.6 is 0 Å². The highest BCUT2D eigenvalue weighted by molar-refractivity contribution is 5.89. The third kappa shape index (κ3) is 9.91. The lowest BCUT2D eigenvalue weighted by molar-refractivity contribution is -0.134. The zero-order chi connectivity index (χ0) is 21.8. The maximum absolute atomic E-state index is 9.55. The standard InChI is InChI=1S/C18H31N3O.C4H4O4/c1-2-10-20(15-16-8-9-16)11-5-6-13-22-18-14-17-7-3-4-12-21(17)19-18;5-3(6)1-2-4(7)8/h14,16H,2-13,15H2,1H3;1-2H,(H,5,6)(H,7,8). The third-order valence-electron chi connectivity index (χ3n) is 5.13. The van der Waals surface area contributed by atoms with Crippen molar-refractivity contribution in [3.63, 3.8) is 0 Å². The van der Waals surface area contributed by atoms with Gasteiger partial charge in [-0.2, -0.15) is 0 Å². The zero-order valence-corrected chi connectivity index (χ0v) is 18.0. The quantitative estimate of drug-likeness (QED) is 0.394. The van der Waals surface area contributed by atoms with Gasteiger partial charge in [0.1, 0.15) is 0 Å². The van der Waals surface area contributed by atoms with Crippen LogP contribution in [0.25, 0.3) is 0 Å². The van der Waals surface area contributed by atoms with Gasteiger partial charge in [-0.15, -0.1) is 5.10 Å². The number of carboxylic acid groups (broad SMARTS) is 2. The molecule has 0 aromatic carbocycles. The Bertz CT molecular complexity index is 657. The monoisotopic (exact) mass is 421 g/mol. The summed E-state index contributed by atoms with van der Waals surface area (Å²) in [5, 5.41) is 20.2. The molecule has 0 unspecified atom stereocenters. The van der Waals surface area contributed by atoms with Gasteiger partial charge in [-0.3, -0.25) is 4.68 Å². The Kier molecular flexibility index (Phi) is 10.4. The molecule has 8 nitrogen and oxygen atoms in total. The first-order valence-electron chi connectivity index (χ1n) is 11.0. The van der Waals surface area contributed by atoms with Crippen LogP contribution in [0.3, 0.4) is 0 Å². The molecule has 3 rings (SSSR count). The van der Waals surface area contributed by atoms with Crippen LogP contribution in [0.1, 0.15) is 57.6 Å². The Balaban J connectivity index is 0.000000343. The number of hydrogen-bond donors (Lipinski definition) is 2. The summed E-state index contributed by atoms with van der Waals surface area (Å²) < 4.78 is 7.97. The van der Waals surface area contributed by atoms with Crippen LogP contribution < -0.4 is 4.74 Å². The molecule has 8 heteroatoms. The molecule has 1 aliphatic heterocycles. The Hall–Kier alpha value is -2.35. The predicted molar refractivity (Wildman–Crippen MR) is 114 cm³/mol. The van der Waals surface area contributed by atoms with Crippen molar-refractivity contribution in [3.8, 4) is 5.88 Å². The molecule has 1 aromatic rings. The topological polar surface area (TPSA) is 105 Å². The second-order valence-electron chi connectivity index (χ2n) is 7.96. The van der Waals surface area contributed by atoms with E-state index in [9.17, 15) is 9.59 Å². The van der Waals surface area contributed by atoms with Crippen molar-refractivity contribution in [2.45, 2.75) is 64.8 Å². The molecule has 0 amide bonds. The minimum Gasteiger partial charge on any atom is -0.478 e. The van der Waals surface area contributed by atoms with Gasteiger partial charge in [0, 0.05) is 37.0 Å². The van der Waals surface area contributed by atoms with Gasteiger partial charge < -0.3 is 19.8 Å². The molecular formula is C22H35N3O5. The van der Waals surface area contributed by atoms with Crippen molar-refractivity contribution < 1.29 is 24.5 Å². The number of hydrogen-bond acceptors (Lipinski definition) is 5. The van der Waals surface area contributed by atoms with Gasteiger partial charge in [-0.1, -0.05) is 6.92 Å². The Labute approximate surface area is 178 Å². The molecule has 168 valence electrons. The Morgan fingerprint density at radius 3 is 2.53 bits per heavy atom. The minimum absolute atomic E-state index is 0.558. The maximum atomic E-state index is 9.55. The SMILES string of the molecule is CCCN(CCCCOc1cc2n(n1)CCCC2)CC1CC1.O=C(O)C=CC(=O)O. The molecule has 2 N–H and O–H groups in total. The van der Waals surface area contributed by atoms with Crippen LogP contribution in [0, 0.1) is 5.92 Å². The van der Waals surface area contributed by atoms with Crippen molar-refractivity contribution in [2.75, 3.05) is 26.2 Å². The van der Waals surface area contributed by atoms with Crippen molar-refractivity contribution in [1.82, 2.24) is 14.7 Å². The van der Waals surface area contributed by atoms with Crippen LogP contribution in [0.5, 0.6) is 5.88 Å². The van der Waals surface area contributed by atoms with E-state index in [0.29, 0.717) is 12.2 Å². The Morgan fingerprint density at radius 2 is 1.93 bits per heavy atom. The molecule has 2 aliphatic rings. The van der Waals surface area contributed by atoms with E-state index in [-0.39, 0.29) is 0 Å². The number of aliphatic carboxylic acids is 2. The Morgan fingerprint density at radius 1 is 1.20 bits per heavy atom. The number of fused-ring (bicyclic) bond motifs is 1. The third-order valence-corrected chi connectivity index (χ3v) is 5.13. The van der Waals surface area contributed by atoms with E-state index in [1.54, 1.807) is 0 Å². The number of aryl methyl sites for hydroxylation is 2. The molecule has 1 fully saturated rings. The van der Waals surface area contributed by atoms with Crippen molar-refractivity contribution in [3.05, 3.63) is 23.9 Å². The van der Waals surface area contributed by atoms with Gasteiger partial charge in [-0.25, -0.2) is 9.59 Å². The molecule has 0 atom stereocenters. The second kappa shape index (κ2) is 13.1. The van der Waals surface area contributed by atoms with Crippen LogP contribution in [0.4, 0.5) is 0 Å². The number of carbonyl (C=O) groups is 2. The summed E-state index contributed by atoms with van der Waals surface area (Å²) in [6, 6.07) is 2.13. The second-order valence-corrected chi connectivity index (χ2v) is 7.96. The number of ether oxygens (including phenoxy) is 1. The first-order chi connectivity index (χ1) is 14.5. The van der Waals surface area contributed by atoms with Crippen molar-refractivity contribution >= 4 is 11.9 Å². The molecule has 0 bridgehead atoms. The molecule has 1 saturated carbocycles. The molecule has 0 spiro atoms. The van der Waals surface area contributed by atoms with Gasteiger partial charge in [0.25, 0.3) is 0 Å². The largest absolute Gasteiger partial charge is 0.478 e. The molecule has 30 heavy (non-hydrogen) atoms. The lowest BCUT2D eigenvalue weighted by Crippen LogP contribution is -2.28. The molecule has 2 heterocycles. The lowest BCUT2D eigenvalue weighted by atomic mass is 10.1. The van der Waals surface area contributed by atoms with Crippen molar-refractivity contribution in [1.29, 1.82) is 0 Å². The summed E-state index contributed by atoms with van der Waals surface area (Å²) in [6.45, 7) is 7.95. The highest BCUT2D eigenvalue weighted by Crippen LogP contribution is 2.29. The number of aromatic nitrogens is 2. The normalized spacial score (nSPS) is 15.5. The van der Waals surface area contributed by atoms with Gasteiger partial charge in [-0.05, 0) is 70.4 Å². The summed E-state index contributed by atoms with van der Waals surface area (Å²) in [4.78, 5) is 21.8. The summed E-state index contributed by atoms with van der Waals surface area (Å²) >= 11 is 0. The van der Waals surface area contributed by atoms with E-state index in [1.807, 2.05) is 0 Å². The molecule has 0 radical (unpaired) electrons.